The second-order valence-corrected chi connectivity index (χ2v) is 8.85. The van der Waals surface area contributed by atoms with E-state index in [1.165, 1.54) is 30.9 Å². The molecule has 0 heterocycles. The number of fused-ring (bicyclic) bond motifs is 1. The number of hydrogen-bond donors (Lipinski definition) is 1. The van der Waals surface area contributed by atoms with Gasteiger partial charge < -0.3 is 9.84 Å². The first kappa shape index (κ1) is 20.2. The number of allylic oxidation sites excluding steroid dienone is 3. The van der Waals surface area contributed by atoms with Crippen LogP contribution in [-0.4, -0.2) is 24.3 Å². The van der Waals surface area contributed by atoms with Gasteiger partial charge in [-0.25, -0.2) is 0 Å². The average molecular weight is 349 g/mol. The Morgan fingerprint density at radius 1 is 1.36 bits per heavy atom. The summed E-state index contributed by atoms with van der Waals surface area (Å²) in [6, 6.07) is 0. The van der Waals surface area contributed by atoms with Gasteiger partial charge in [-0.3, -0.25) is 4.79 Å². The zero-order valence-corrected chi connectivity index (χ0v) is 16.7. The van der Waals surface area contributed by atoms with E-state index in [9.17, 15) is 4.79 Å². The van der Waals surface area contributed by atoms with Gasteiger partial charge in [0.25, 0.3) is 0 Å². The molecule has 3 nitrogen and oxygen atoms in total. The Kier molecular flexibility index (Phi) is 6.53. The third-order valence-electron chi connectivity index (χ3n) is 6.99. The minimum Gasteiger partial charge on any atom is -0.465 e. The van der Waals surface area contributed by atoms with Crippen molar-refractivity contribution in [1.29, 1.82) is 0 Å². The van der Waals surface area contributed by atoms with Crippen molar-refractivity contribution in [3.05, 3.63) is 23.3 Å². The lowest BCUT2D eigenvalue weighted by Crippen LogP contribution is -2.51. The highest BCUT2D eigenvalue weighted by molar-refractivity contribution is 5.65. The van der Waals surface area contributed by atoms with Crippen molar-refractivity contribution in [2.24, 2.45) is 22.7 Å². The molecule has 142 valence electrons. The van der Waals surface area contributed by atoms with Gasteiger partial charge in [-0.05, 0) is 63.2 Å². The Morgan fingerprint density at radius 3 is 2.72 bits per heavy atom. The lowest BCUT2D eigenvalue weighted by Gasteiger charge is -2.57. The Labute approximate surface area is 153 Å². The first-order valence-corrected chi connectivity index (χ1v) is 9.79. The van der Waals surface area contributed by atoms with Crippen molar-refractivity contribution in [2.45, 2.75) is 73.1 Å². The molecule has 0 saturated heterocycles. The molecule has 4 atom stereocenters. The van der Waals surface area contributed by atoms with Gasteiger partial charge in [-0.2, -0.15) is 0 Å². The third-order valence-corrected chi connectivity index (χ3v) is 6.99. The summed E-state index contributed by atoms with van der Waals surface area (Å²) in [5.41, 5.74) is 3.14. The summed E-state index contributed by atoms with van der Waals surface area (Å²) in [7, 11) is 0. The number of aliphatic hydroxyl groups is 1. The summed E-state index contributed by atoms with van der Waals surface area (Å²) in [6.45, 7) is 11.4. The lowest BCUT2D eigenvalue weighted by molar-refractivity contribution is -0.151. The largest absolute Gasteiger partial charge is 0.465 e. The number of aliphatic hydroxyl groups excluding tert-OH is 1. The van der Waals surface area contributed by atoms with Gasteiger partial charge in [0, 0.05) is 12.3 Å². The molecule has 2 aliphatic rings. The van der Waals surface area contributed by atoms with Crippen molar-refractivity contribution in [3.63, 3.8) is 0 Å². The van der Waals surface area contributed by atoms with Crippen LogP contribution in [0.3, 0.4) is 0 Å². The number of rotatable bonds is 6. The molecule has 0 aromatic heterocycles. The number of esters is 1. The van der Waals surface area contributed by atoms with E-state index in [1.807, 2.05) is 6.08 Å². The highest BCUT2D eigenvalue weighted by Gasteiger charge is 2.53. The van der Waals surface area contributed by atoms with Crippen LogP contribution >= 0.6 is 0 Å². The van der Waals surface area contributed by atoms with Crippen LogP contribution < -0.4 is 0 Å². The molecular formula is C22H36O3. The highest BCUT2D eigenvalue weighted by Crippen LogP contribution is 2.60. The SMILES string of the molecule is CC(=O)OC[C@@]1(C)CCC[C@@]2(C)[C@@H](CC/C(C)=C/CO)C(C)=CC[C@@H]12. The van der Waals surface area contributed by atoms with E-state index < -0.39 is 0 Å². The van der Waals surface area contributed by atoms with Gasteiger partial charge in [-0.1, -0.05) is 43.6 Å². The Bertz CT molecular complexity index is 547. The van der Waals surface area contributed by atoms with Crippen LogP contribution in [0.4, 0.5) is 0 Å². The van der Waals surface area contributed by atoms with Crippen molar-refractivity contribution in [1.82, 2.24) is 0 Å². The maximum atomic E-state index is 11.4. The van der Waals surface area contributed by atoms with Gasteiger partial charge in [0.05, 0.1) is 13.2 Å². The zero-order valence-electron chi connectivity index (χ0n) is 16.7. The Hall–Kier alpha value is -1.09. The van der Waals surface area contributed by atoms with E-state index in [1.54, 1.807) is 0 Å². The average Bonchev–Trinajstić information content (AvgIpc) is 2.52. The summed E-state index contributed by atoms with van der Waals surface area (Å²) in [5.74, 6) is 0.964. The van der Waals surface area contributed by atoms with Crippen LogP contribution in [0.2, 0.25) is 0 Å². The molecule has 0 unspecified atom stereocenters. The molecule has 0 amide bonds. The summed E-state index contributed by atoms with van der Waals surface area (Å²) in [5, 5.41) is 9.11. The van der Waals surface area contributed by atoms with Gasteiger partial charge in [-0.15, -0.1) is 0 Å². The van der Waals surface area contributed by atoms with E-state index in [0.29, 0.717) is 18.4 Å². The molecule has 3 heteroatoms. The molecule has 2 rings (SSSR count). The second-order valence-electron chi connectivity index (χ2n) is 8.85. The fraction of sp³-hybridized carbons (Fsp3) is 0.773. The molecule has 0 radical (unpaired) electrons. The van der Waals surface area contributed by atoms with Crippen molar-refractivity contribution in [3.8, 4) is 0 Å². The number of carbonyl (C=O) groups is 1. The molecule has 0 bridgehead atoms. The van der Waals surface area contributed by atoms with E-state index in [4.69, 9.17) is 9.84 Å². The molecule has 0 aliphatic heterocycles. The normalized spacial score (nSPS) is 35.8. The number of ether oxygens (including phenoxy) is 1. The lowest BCUT2D eigenvalue weighted by atomic mass is 9.48. The fourth-order valence-corrected chi connectivity index (χ4v) is 5.58. The summed E-state index contributed by atoms with van der Waals surface area (Å²) >= 11 is 0. The maximum absolute atomic E-state index is 11.4. The van der Waals surface area contributed by atoms with E-state index in [-0.39, 0.29) is 23.4 Å². The number of hydrogen-bond acceptors (Lipinski definition) is 3. The minimum absolute atomic E-state index is 0.0735. The summed E-state index contributed by atoms with van der Waals surface area (Å²) in [4.78, 5) is 11.4. The zero-order chi connectivity index (χ0) is 18.7. The highest BCUT2D eigenvalue weighted by atomic mass is 16.5. The van der Waals surface area contributed by atoms with E-state index >= 15 is 0 Å². The standard InChI is InChI=1S/C22H36O3/c1-16(11-14-23)7-9-19-17(2)8-10-20-21(4,15-25-18(3)24)12-6-13-22(19,20)5/h8,11,19-20,23H,6-7,9-10,12-15H2,1-5H3/b16-11+/t19-,20-,21+,22-/m0/s1. The first-order valence-electron chi connectivity index (χ1n) is 9.79. The molecule has 25 heavy (non-hydrogen) atoms. The molecular weight excluding hydrogens is 312 g/mol. The Morgan fingerprint density at radius 2 is 2.08 bits per heavy atom. The monoisotopic (exact) mass is 348 g/mol. The second kappa shape index (κ2) is 8.07. The minimum atomic E-state index is -0.169. The molecule has 1 saturated carbocycles. The molecule has 1 N–H and O–H groups in total. The van der Waals surface area contributed by atoms with Gasteiger partial charge >= 0.3 is 5.97 Å². The van der Waals surface area contributed by atoms with Crippen molar-refractivity contribution in [2.75, 3.05) is 13.2 Å². The molecule has 0 spiro atoms. The molecule has 2 aliphatic carbocycles. The third kappa shape index (κ3) is 4.36. The smallest absolute Gasteiger partial charge is 0.302 e. The molecule has 0 aromatic carbocycles. The van der Waals surface area contributed by atoms with E-state index in [2.05, 4.69) is 33.8 Å². The van der Waals surface area contributed by atoms with Crippen LogP contribution in [-0.2, 0) is 9.53 Å². The molecule has 1 fully saturated rings. The predicted molar refractivity (Wildman–Crippen MR) is 102 cm³/mol. The van der Waals surface area contributed by atoms with Gasteiger partial charge in [0.15, 0.2) is 0 Å². The topological polar surface area (TPSA) is 46.5 Å². The van der Waals surface area contributed by atoms with Crippen LogP contribution in [0.5, 0.6) is 0 Å². The van der Waals surface area contributed by atoms with Crippen LogP contribution in [0.1, 0.15) is 73.1 Å². The maximum Gasteiger partial charge on any atom is 0.302 e. The van der Waals surface area contributed by atoms with Crippen molar-refractivity contribution < 1.29 is 14.6 Å². The van der Waals surface area contributed by atoms with Gasteiger partial charge in [0.1, 0.15) is 0 Å². The van der Waals surface area contributed by atoms with Crippen LogP contribution in [0.15, 0.2) is 23.3 Å². The van der Waals surface area contributed by atoms with Gasteiger partial charge in [0.2, 0.25) is 0 Å². The first-order chi connectivity index (χ1) is 11.7. The van der Waals surface area contributed by atoms with Crippen LogP contribution in [0, 0.1) is 22.7 Å². The summed E-state index contributed by atoms with van der Waals surface area (Å²) < 4.78 is 5.47. The fourth-order valence-electron chi connectivity index (χ4n) is 5.58. The van der Waals surface area contributed by atoms with Crippen molar-refractivity contribution >= 4 is 5.97 Å². The van der Waals surface area contributed by atoms with Crippen LogP contribution in [0.25, 0.3) is 0 Å². The summed E-state index contributed by atoms with van der Waals surface area (Å²) in [6.07, 6.45) is 11.2. The quantitative estimate of drug-likeness (QED) is 0.540. The number of carbonyl (C=O) groups excluding carboxylic acids is 1. The van der Waals surface area contributed by atoms with E-state index in [0.717, 1.165) is 25.7 Å². The Balaban J connectivity index is 2.22. The predicted octanol–water partition coefficient (Wildman–Crippen LogP) is 5.05. The molecule has 0 aromatic rings.